The largest absolute Gasteiger partial charge is 0.221 e. The molecule has 0 aliphatic rings. The fourth-order valence-electron chi connectivity index (χ4n) is 1.16. The van der Waals surface area contributed by atoms with Gasteiger partial charge in [0.05, 0.1) is 6.10 Å². The molecule has 0 saturated heterocycles. The smallest absolute Gasteiger partial charge is 0.0933 e. The van der Waals surface area contributed by atoms with Crippen molar-refractivity contribution in [3.8, 4) is 0 Å². The average molecular weight is 176 g/mol. The van der Waals surface area contributed by atoms with Crippen LogP contribution in [0.4, 0.5) is 0 Å². The molecular weight excluding hydrogens is 156 g/mol. The summed E-state index contributed by atoms with van der Waals surface area (Å²) in [6.07, 6.45) is 7.21. The standard InChI is InChI=1S/C9H20O3/c1-3-4-5-6-7-8-9(2)11-12-10/h9-10H,3-8H2,1-2H3. The molecule has 0 aliphatic carbocycles. The van der Waals surface area contributed by atoms with Crippen LogP contribution in [0.1, 0.15) is 52.4 Å². The normalized spacial score (nSPS) is 13.2. The molecule has 1 unspecified atom stereocenters. The quantitative estimate of drug-likeness (QED) is 0.351. The first kappa shape index (κ1) is 11.9. The number of rotatable bonds is 8. The van der Waals surface area contributed by atoms with Crippen LogP contribution in [-0.4, -0.2) is 11.4 Å². The second-order valence-electron chi connectivity index (χ2n) is 3.18. The van der Waals surface area contributed by atoms with Crippen molar-refractivity contribution >= 4 is 0 Å². The van der Waals surface area contributed by atoms with Gasteiger partial charge in [0.25, 0.3) is 0 Å². The average Bonchev–Trinajstić information content (AvgIpc) is 2.05. The van der Waals surface area contributed by atoms with Gasteiger partial charge in [0.1, 0.15) is 0 Å². The monoisotopic (exact) mass is 176 g/mol. The predicted molar refractivity (Wildman–Crippen MR) is 47.6 cm³/mol. The van der Waals surface area contributed by atoms with E-state index in [1.807, 2.05) is 6.92 Å². The van der Waals surface area contributed by atoms with E-state index in [2.05, 4.69) is 16.8 Å². The summed E-state index contributed by atoms with van der Waals surface area (Å²) in [4.78, 5) is 4.50. The first-order chi connectivity index (χ1) is 5.81. The third-order valence-electron chi connectivity index (χ3n) is 1.92. The molecule has 0 aromatic rings. The van der Waals surface area contributed by atoms with E-state index in [-0.39, 0.29) is 6.10 Å². The van der Waals surface area contributed by atoms with Crippen LogP contribution in [0, 0.1) is 0 Å². The minimum absolute atomic E-state index is 0.00312. The van der Waals surface area contributed by atoms with Crippen LogP contribution in [0.3, 0.4) is 0 Å². The maximum Gasteiger partial charge on any atom is 0.0933 e. The maximum absolute atomic E-state index is 7.96. The van der Waals surface area contributed by atoms with Crippen LogP contribution in [0.15, 0.2) is 0 Å². The lowest BCUT2D eigenvalue weighted by Gasteiger charge is -2.07. The van der Waals surface area contributed by atoms with Crippen molar-refractivity contribution in [2.75, 3.05) is 0 Å². The number of hydrogen-bond acceptors (Lipinski definition) is 3. The highest BCUT2D eigenvalue weighted by Crippen LogP contribution is 2.08. The molecule has 0 spiro atoms. The molecule has 0 aromatic carbocycles. The molecule has 3 nitrogen and oxygen atoms in total. The number of unbranched alkanes of at least 4 members (excludes halogenated alkanes) is 4. The van der Waals surface area contributed by atoms with Crippen LogP contribution in [0.2, 0.25) is 0 Å². The summed E-state index contributed by atoms with van der Waals surface area (Å²) in [6, 6.07) is 0. The van der Waals surface area contributed by atoms with Gasteiger partial charge >= 0.3 is 0 Å². The zero-order valence-corrected chi connectivity index (χ0v) is 8.08. The molecule has 0 amide bonds. The van der Waals surface area contributed by atoms with Gasteiger partial charge in [-0.25, -0.2) is 10.1 Å². The van der Waals surface area contributed by atoms with E-state index in [1.165, 1.54) is 25.7 Å². The lowest BCUT2D eigenvalue weighted by atomic mass is 10.1. The van der Waals surface area contributed by atoms with E-state index in [0.717, 1.165) is 12.8 Å². The summed E-state index contributed by atoms with van der Waals surface area (Å²) in [6.45, 7) is 4.08. The highest BCUT2D eigenvalue weighted by Gasteiger charge is 2.01. The van der Waals surface area contributed by atoms with Gasteiger partial charge in [-0.3, -0.25) is 0 Å². The van der Waals surface area contributed by atoms with Crippen molar-refractivity contribution in [1.82, 2.24) is 0 Å². The molecule has 0 aromatic heterocycles. The Morgan fingerprint density at radius 1 is 1.17 bits per heavy atom. The topological polar surface area (TPSA) is 38.7 Å². The van der Waals surface area contributed by atoms with Gasteiger partial charge in [-0.2, -0.15) is 0 Å². The Kier molecular flexibility index (Phi) is 8.88. The fourth-order valence-corrected chi connectivity index (χ4v) is 1.16. The second kappa shape index (κ2) is 8.97. The second-order valence-corrected chi connectivity index (χ2v) is 3.18. The van der Waals surface area contributed by atoms with Crippen molar-refractivity contribution in [1.29, 1.82) is 0 Å². The third kappa shape index (κ3) is 7.98. The highest BCUT2D eigenvalue weighted by atomic mass is 17.5. The van der Waals surface area contributed by atoms with Crippen LogP contribution in [0.25, 0.3) is 0 Å². The minimum atomic E-state index is -0.00312. The Balaban J connectivity index is 2.97. The lowest BCUT2D eigenvalue weighted by Crippen LogP contribution is -2.06. The van der Waals surface area contributed by atoms with Crippen molar-refractivity contribution in [3.63, 3.8) is 0 Å². The summed E-state index contributed by atoms with van der Waals surface area (Å²) in [5, 5.41) is 11.5. The molecule has 0 radical (unpaired) electrons. The molecule has 0 bridgehead atoms. The summed E-state index contributed by atoms with van der Waals surface area (Å²) in [5.74, 6) is 0. The Labute approximate surface area is 74.5 Å². The Bertz CT molecular complexity index is 85.8. The first-order valence-electron chi connectivity index (χ1n) is 4.78. The zero-order chi connectivity index (χ0) is 9.23. The maximum atomic E-state index is 7.96. The summed E-state index contributed by atoms with van der Waals surface area (Å²) < 4.78 is 0. The Hall–Kier alpha value is -0.120. The summed E-state index contributed by atoms with van der Waals surface area (Å²) in [5.41, 5.74) is 0. The molecule has 3 heteroatoms. The van der Waals surface area contributed by atoms with Crippen LogP contribution >= 0.6 is 0 Å². The van der Waals surface area contributed by atoms with Gasteiger partial charge in [0.2, 0.25) is 0 Å². The van der Waals surface area contributed by atoms with E-state index >= 15 is 0 Å². The van der Waals surface area contributed by atoms with E-state index in [0.29, 0.717) is 0 Å². The van der Waals surface area contributed by atoms with E-state index in [4.69, 9.17) is 5.26 Å². The van der Waals surface area contributed by atoms with Crippen LogP contribution < -0.4 is 0 Å². The van der Waals surface area contributed by atoms with Crippen molar-refractivity contribution in [2.45, 2.75) is 58.5 Å². The molecule has 74 valence electrons. The van der Waals surface area contributed by atoms with Gasteiger partial charge in [0, 0.05) is 0 Å². The van der Waals surface area contributed by atoms with Crippen molar-refractivity contribution < 1.29 is 15.2 Å². The molecule has 1 atom stereocenters. The Morgan fingerprint density at radius 3 is 2.42 bits per heavy atom. The number of hydrogen-bond donors (Lipinski definition) is 1. The molecule has 12 heavy (non-hydrogen) atoms. The molecule has 1 N–H and O–H groups in total. The summed E-state index contributed by atoms with van der Waals surface area (Å²) >= 11 is 0. The molecule has 0 aliphatic heterocycles. The molecule has 0 rings (SSSR count). The molecular formula is C9H20O3. The van der Waals surface area contributed by atoms with Gasteiger partial charge in [-0.1, -0.05) is 44.1 Å². The van der Waals surface area contributed by atoms with Gasteiger partial charge in [0.15, 0.2) is 0 Å². The summed E-state index contributed by atoms with van der Waals surface area (Å²) in [7, 11) is 0. The van der Waals surface area contributed by atoms with Gasteiger partial charge in [-0.15, -0.1) is 0 Å². The minimum Gasteiger partial charge on any atom is -0.221 e. The van der Waals surface area contributed by atoms with Gasteiger partial charge in [-0.05, 0) is 13.3 Å². The van der Waals surface area contributed by atoms with E-state index < -0.39 is 0 Å². The van der Waals surface area contributed by atoms with Crippen molar-refractivity contribution in [2.24, 2.45) is 0 Å². The SMILES string of the molecule is CCCCCCCC(C)OOO. The van der Waals surface area contributed by atoms with Crippen LogP contribution in [0.5, 0.6) is 0 Å². The first-order valence-corrected chi connectivity index (χ1v) is 4.78. The van der Waals surface area contributed by atoms with Gasteiger partial charge < -0.3 is 0 Å². The van der Waals surface area contributed by atoms with Crippen LogP contribution in [-0.2, 0) is 9.93 Å². The lowest BCUT2D eigenvalue weighted by molar-refractivity contribution is -0.504. The van der Waals surface area contributed by atoms with Crippen molar-refractivity contribution in [3.05, 3.63) is 0 Å². The highest BCUT2D eigenvalue weighted by molar-refractivity contribution is 4.49. The van der Waals surface area contributed by atoms with E-state index in [9.17, 15) is 0 Å². The molecule has 0 fully saturated rings. The Morgan fingerprint density at radius 2 is 1.83 bits per heavy atom. The molecule has 0 saturated carbocycles. The third-order valence-corrected chi connectivity index (χ3v) is 1.92. The molecule has 0 heterocycles. The van der Waals surface area contributed by atoms with E-state index in [1.54, 1.807) is 0 Å². The zero-order valence-electron chi connectivity index (χ0n) is 8.08. The predicted octanol–water partition coefficient (Wildman–Crippen LogP) is 3.16. The fraction of sp³-hybridized carbons (Fsp3) is 1.00.